The number of rotatable bonds is 8. The molecule has 0 bridgehead atoms. The molecule has 0 atom stereocenters. The zero-order chi connectivity index (χ0) is 22.7. The van der Waals surface area contributed by atoms with Gasteiger partial charge in [0.15, 0.2) is 11.0 Å². The Hall–Kier alpha value is -2.17. The summed E-state index contributed by atoms with van der Waals surface area (Å²) in [6, 6.07) is 0. The molecule has 1 N–H and O–H groups in total. The Labute approximate surface area is 194 Å². The van der Waals surface area contributed by atoms with Gasteiger partial charge in [-0.25, -0.2) is 4.79 Å². The minimum absolute atomic E-state index is 0.165. The quantitative estimate of drug-likeness (QED) is 0.358. The third-order valence-corrected chi connectivity index (χ3v) is 8.14. The lowest BCUT2D eigenvalue weighted by Crippen LogP contribution is -2.16. The largest absolute Gasteiger partial charge is 0.465 e. The van der Waals surface area contributed by atoms with Crippen LogP contribution in [0.1, 0.15) is 45.1 Å². The lowest BCUT2D eigenvalue weighted by atomic mass is 10.1. The molecular formula is C21H26N4O3S3. The predicted octanol–water partition coefficient (Wildman–Crippen LogP) is 5.09. The number of esters is 1. The normalized spacial score (nSPS) is 11.0. The summed E-state index contributed by atoms with van der Waals surface area (Å²) in [4.78, 5) is 27.2. The van der Waals surface area contributed by atoms with Gasteiger partial charge in [-0.3, -0.25) is 4.79 Å². The van der Waals surface area contributed by atoms with Crippen molar-refractivity contribution in [2.75, 3.05) is 18.2 Å². The van der Waals surface area contributed by atoms with E-state index in [4.69, 9.17) is 4.74 Å². The first kappa shape index (κ1) is 23.5. The van der Waals surface area contributed by atoms with Crippen LogP contribution >= 0.6 is 34.4 Å². The van der Waals surface area contributed by atoms with Crippen LogP contribution in [0.2, 0.25) is 0 Å². The van der Waals surface area contributed by atoms with Crippen molar-refractivity contribution >= 4 is 51.3 Å². The molecule has 10 heteroatoms. The first-order valence-electron chi connectivity index (χ1n) is 9.93. The summed E-state index contributed by atoms with van der Waals surface area (Å²) in [7, 11) is 1.35. The molecule has 0 aliphatic rings. The number of thioether (sulfide) groups is 1. The van der Waals surface area contributed by atoms with Crippen LogP contribution in [0.3, 0.4) is 0 Å². The van der Waals surface area contributed by atoms with Gasteiger partial charge in [0.05, 0.1) is 18.4 Å². The zero-order valence-electron chi connectivity index (χ0n) is 18.5. The highest BCUT2D eigenvalue weighted by molar-refractivity contribution is 7.99. The Balaban J connectivity index is 1.75. The van der Waals surface area contributed by atoms with Crippen LogP contribution in [0.4, 0.5) is 5.00 Å². The summed E-state index contributed by atoms with van der Waals surface area (Å²) >= 11 is 4.43. The van der Waals surface area contributed by atoms with Gasteiger partial charge < -0.3 is 14.6 Å². The van der Waals surface area contributed by atoms with Crippen LogP contribution in [0.25, 0.3) is 11.4 Å². The number of methoxy groups -OCH3 is 1. The van der Waals surface area contributed by atoms with E-state index in [9.17, 15) is 9.59 Å². The molecule has 0 spiro atoms. The number of nitrogens with zero attached hydrogens (tertiary/aromatic N) is 3. The summed E-state index contributed by atoms with van der Waals surface area (Å²) in [5, 5.41) is 14.9. The van der Waals surface area contributed by atoms with E-state index in [-0.39, 0.29) is 11.7 Å². The molecule has 0 fully saturated rings. The number of hydrogen-bond donors (Lipinski definition) is 1. The van der Waals surface area contributed by atoms with E-state index in [2.05, 4.69) is 34.7 Å². The highest BCUT2D eigenvalue weighted by Crippen LogP contribution is 2.35. The van der Waals surface area contributed by atoms with Gasteiger partial charge in [0.1, 0.15) is 5.00 Å². The molecular weight excluding hydrogens is 452 g/mol. The monoisotopic (exact) mass is 478 g/mol. The van der Waals surface area contributed by atoms with Crippen LogP contribution in [0.5, 0.6) is 0 Å². The Morgan fingerprint density at radius 2 is 1.94 bits per heavy atom. The summed E-state index contributed by atoms with van der Waals surface area (Å²) in [6.45, 7) is 10.8. The standard InChI is InChI=1S/C21H26N4O3S3/c1-7-14-13(5)31-19(17(14)20(27)28-6)22-16(26)10-30-21-24-23-18(25(21)8-2)15-9-29-12(4)11(15)3/h9H,7-8,10H2,1-6H3,(H,22,26). The van der Waals surface area contributed by atoms with E-state index in [1.54, 1.807) is 11.3 Å². The highest BCUT2D eigenvalue weighted by atomic mass is 32.2. The van der Waals surface area contributed by atoms with Gasteiger partial charge in [-0.2, -0.15) is 0 Å². The Kier molecular flexibility index (Phi) is 7.55. The summed E-state index contributed by atoms with van der Waals surface area (Å²) in [5.74, 6) is 0.357. The second-order valence-electron chi connectivity index (χ2n) is 6.90. The molecule has 3 heterocycles. The molecule has 3 aromatic heterocycles. The molecule has 3 aromatic rings. The number of hydrogen-bond acceptors (Lipinski definition) is 8. The SMILES string of the molecule is CCc1c(C)sc(NC(=O)CSc2nnc(-c3csc(C)c3C)n2CC)c1C(=O)OC. The number of aromatic nitrogens is 3. The zero-order valence-corrected chi connectivity index (χ0v) is 20.9. The van der Waals surface area contributed by atoms with E-state index in [1.807, 2.05) is 25.3 Å². The van der Waals surface area contributed by atoms with Crippen molar-refractivity contribution in [2.45, 2.75) is 52.7 Å². The molecule has 0 saturated carbocycles. The minimum Gasteiger partial charge on any atom is -0.465 e. The molecule has 0 aliphatic heterocycles. The fourth-order valence-corrected chi connectivity index (χ4v) is 6.13. The van der Waals surface area contributed by atoms with Crippen molar-refractivity contribution < 1.29 is 14.3 Å². The van der Waals surface area contributed by atoms with Crippen LogP contribution in [0.15, 0.2) is 10.5 Å². The average Bonchev–Trinajstić information content (AvgIpc) is 3.40. The number of carbonyl (C=O) groups is 2. The van der Waals surface area contributed by atoms with Gasteiger partial charge in [0, 0.05) is 27.2 Å². The fraction of sp³-hybridized carbons (Fsp3) is 0.429. The maximum absolute atomic E-state index is 12.7. The lowest BCUT2D eigenvalue weighted by molar-refractivity contribution is -0.113. The van der Waals surface area contributed by atoms with E-state index < -0.39 is 5.97 Å². The van der Waals surface area contributed by atoms with E-state index >= 15 is 0 Å². The molecule has 1 amide bonds. The predicted molar refractivity (Wildman–Crippen MR) is 128 cm³/mol. The van der Waals surface area contributed by atoms with Gasteiger partial charge in [-0.05, 0) is 45.2 Å². The summed E-state index contributed by atoms with van der Waals surface area (Å²) < 4.78 is 6.95. The van der Waals surface area contributed by atoms with Crippen LogP contribution < -0.4 is 5.32 Å². The van der Waals surface area contributed by atoms with Gasteiger partial charge in [-0.15, -0.1) is 32.9 Å². The topological polar surface area (TPSA) is 86.1 Å². The van der Waals surface area contributed by atoms with Crippen LogP contribution in [-0.4, -0.2) is 39.5 Å². The Morgan fingerprint density at radius 1 is 1.19 bits per heavy atom. The molecule has 0 saturated heterocycles. The third-order valence-electron chi connectivity index (χ3n) is 5.10. The third kappa shape index (κ3) is 4.70. The molecule has 3 rings (SSSR count). The van der Waals surface area contributed by atoms with Gasteiger partial charge in [-0.1, -0.05) is 18.7 Å². The number of carbonyl (C=O) groups excluding carboxylic acids is 2. The number of anilines is 1. The lowest BCUT2D eigenvalue weighted by Gasteiger charge is -2.08. The first-order chi connectivity index (χ1) is 14.8. The first-order valence-corrected chi connectivity index (χ1v) is 12.6. The maximum atomic E-state index is 12.7. The number of thiophene rings is 2. The van der Waals surface area contributed by atoms with Crippen molar-refractivity contribution in [3.8, 4) is 11.4 Å². The van der Waals surface area contributed by atoms with E-state index in [0.717, 1.165) is 21.8 Å². The van der Waals surface area contributed by atoms with Crippen molar-refractivity contribution in [1.29, 1.82) is 0 Å². The molecule has 31 heavy (non-hydrogen) atoms. The Morgan fingerprint density at radius 3 is 2.52 bits per heavy atom. The fourth-order valence-electron chi connectivity index (χ4n) is 3.32. The summed E-state index contributed by atoms with van der Waals surface area (Å²) in [6.07, 6.45) is 0.696. The van der Waals surface area contributed by atoms with Crippen LogP contribution in [0, 0.1) is 20.8 Å². The van der Waals surface area contributed by atoms with Gasteiger partial charge in [0.2, 0.25) is 5.91 Å². The minimum atomic E-state index is -0.430. The van der Waals surface area contributed by atoms with Crippen molar-refractivity contribution in [2.24, 2.45) is 0 Å². The van der Waals surface area contributed by atoms with Crippen molar-refractivity contribution in [1.82, 2.24) is 14.8 Å². The number of nitrogens with one attached hydrogen (secondary N) is 1. The maximum Gasteiger partial charge on any atom is 0.341 e. The highest BCUT2D eigenvalue weighted by Gasteiger charge is 2.23. The number of amides is 1. The average molecular weight is 479 g/mol. The number of ether oxygens (including phenoxy) is 1. The van der Waals surface area contributed by atoms with E-state index in [0.29, 0.717) is 28.7 Å². The summed E-state index contributed by atoms with van der Waals surface area (Å²) in [5.41, 5.74) is 3.65. The molecule has 0 unspecified atom stereocenters. The molecule has 0 radical (unpaired) electrons. The molecule has 166 valence electrons. The second kappa shape index (κ2) is 9.97. The molecule has 0 aliphatic carbocycles. The Bertz CT molecular complexity index is 1110. The van der Waals surface area contributed by atoms with Gasteiger partial charge >= 0.3 is 5.97 Å². The second-order valence-corrected chi connectivity index (χ2v) is 10.2. The van der Waals surface area contributed by atoms with Crippen LogP contribution in [-0.2, 0) is 22.5 Å². The van der Waals surface area contributed by atoms with Gasteiger partial charge in [0.25, 0.3) is 0 Å². The van der Waals surface area contributed by atoms with Crippen molar-refractivity contribution in [3.05, 3.63) is 31.8 Å². The molecule has 0 aromatic carbocycles. The van der Waals surface area contributed by atoms with E-state index in [1.165, 1.54) is 40.6 Å². The van der Waals surface area contributed by atoms with Crippen molar-refractivity contribution in [3.63, 3.8) is 0 Å². The molecule has 7 nitrogen and oxygen atoms in total. The smallest absolute Gasteiger partial charge is 0.341 e. The number of aryl methyl sites for hydroxylation is 2.